The number of benzene rings is 9. The van der Waals surface area contributed by atoms with Crippen molar-refractivity contribution in [2.75, 3.05) is 0 Å². The molecular formula is C69H46IrN3. The Bertz CT molecular complexity index is 3560. The van der Waals surface area contributed by atoms with E-state index in [0.29, 0.717) is 0 Å². The molecule has 3 nitrogen and oxygen atoms in total. The summed E-state index contributed by atoms with van der Waals surface area (Å²) < 4.78 is 0. The fourth-order valence-electron chi connectivity index (χ4n) is 9.28. The van der Waals surface area contributed by atoms with E-state index in [1.165, 1.54) is 11.1 Å². The first-order valence-electron chi connectivity index (χ1n) is 24.0. The van der Waals surface area contributed by atoms with E-state index in [1.807, 2.05) is 110 Å². The standard InChI is InChI=1S/C57H38N3.C12H8.Ir/c1-3-15-40(16-4-1)41-27-29-42(30-28-41)55-36-57(43-17-5-2-6-18-43)60-39-56(55)54-26-12-11-25-53(54)48-34-46(51-23-9-7-21-49(51)44-19-13-31-58-37-44)33-47(35-48)52-24-10-8-22-50(52)45-20-14-32-59-38-45;1-3-7-11(8-4-1)12-9-5-2-6-10-12;/h1-17,19-39H;1-7,9H;/q-1;-2;+3. The Kier molecular flexibility index (Phi) is 15.0. The van der Waals surface area contributed by atoms with Crippen LogP contribution in [0.25, 0.3) is 111 Å². The second-order valence-corrected chi connectivity index (χ2v) is 17.3. The third-order valence-corrected chi connectivity index (χ3v) is 12.8. The van der Waals surface area contributed by atoms with Crippen molar-refractivity contribution >= 4 is 0 Å². The fourth-order valence-corrected chi connectivity index (χ4v) is 9.28. The van der Waals surface area contributed by atoms with E-state index in [0.717, 1.165) is 100 Å². The van der Waals surface area contributed by atoms with Gasteiger partial charge < -0.3 is 4.98 Å². The van der Waals surface area contributed by atoms with E-state index in [1.54, 1.807) is 0 Å². The first-order valence-corrected chi connectivity index (χ1v) is 24.0. The largest absolute Gasteiger partial charge is 3.00 e. The van der Waals surface area contributed by atoms with Gasteiger partial charge in [0, 0.05) is 47.7 Å². The second kappa shape index (κ2) is 22.9. The average molecular weight is 1110 g/mol. The normalized spacial score (nSPS) is 10.6. The van der Waals surface area contributed by atoms with Crippen molar-refractivity contribution in [2.45, 2.75) is 0 Å². The maximum Gasteiger partial charge on any atom is 3.00 e. The molecule has 0 spiro atoms. The third kappa shape index (κ3) is 10.9. The summed E-state index contributed by atoms with van der Waals surface area (Å²) in [7, 11) is 0. The van der Waals surface area contributed by atoms with Crippen molar-refractivity contribution in [3.63, 3.8) is 0 Å². The summed E-state index contributed by atoms with van der Waals surface area (Å²) in [5, 5.41) is 0. The van der Waals surface area contributed by atoms with Crippen LogP contribution >= 0.6 is 0 Å². The number of rotatable bonds is 10. The maximum atomic E-state index is 5.09. The van der Waals surface area contributed by atoms with E-state index in [-0.39, 0.29) is 20.1 Å². The van der Waals surface area contributed by atoms with Crippen molar-refractivity contribution in [3.05, 3.63) is 298 Å². The molecule has 0 unspecified atom stereocenters. The molecule has 12 aromatic rings. The molecule has 0 saturated heterocycles. The summed E-state index contributed by atoms with van der Waals surface area (Å²) in [6.07, 6.45) is 9.56. The summed E-state index contributed by atoms with van der Waals surface area (Å²) in [5.74, 6) is 0. The van der Waals surface area contributed by atoms with Crippen LogP contribution in [-0.4, -0.2) is 15.0 Å². The van der Waals surface area contributed by atoms with E-state index < -0.39 is 0 Å². The summed E-state index contributed by atoms with van der Waals surface area (Å²) in [6.45, 7) is 0. The Morgan fingerprint density at radius 1 is 0.247 bits per heavy atom. The van der Waals surface area contributed by atoms with Gasteiger partial charge in [0.1, 0.15) is 0 Å². The number of nitrogens with zero attached hydrogens (tertiary/aromatic N) is 3. The predicted molar refractivity (Wildman–Crippen MR) is 297 cm³/mol. The first kappa shape index (κ1) is 47.7. The SMILES string of the molecule is [Ir+3].[c-]1ccccc1-c1[c-]cccc1.[c-]1ccccc1-c1cc(-c2ccc(-c3ccccc3)cc2)c(-c2ccccc2-c2cc(-c3ccccc3-c3cccnc3)cc(-c3ccccc3-c3cccnc3)c2)cn1. The number of aromatic nitrogens is 3. The van der Waals surface area contributed by atoms with Gasteiger partial charge in [0.2, 0.25) is 0 Å². The van der Waals surface area contributed by atoms with Crippen LogP contribution in [0.1, 0.15) is 0 Å². The van der Waals surface area contributed by atoms with Crippen LogP contribution in [0.15, 0.2) is 280 Å². The Hall–Kier alpha value is -8.92. The van der Waals surface area contributed by atoms with Crippen LogP contribution in [0.2, 0.25) is 0 Å². The van der Waals surface area contributed by atoms with E-state index >= 15 is 0 Å². The molecular weight excluding hydrogens is 1060 g/mol. The number of pyridine rings is 3. The van der Waals surface area contributed by atoms with Crippen molar-refractivity contribution < 1.29 is 20.1 Å². The van der Waals surface area contributed by atoms with Gasteiger partial charge >= 0.3 is 20.1 Å². The quantitative estimate of drug-likeness (QED) is 0.128. The smallest absolute Gasteiger partial charge is 0.304 e. The zero-order chi connectivity index (χ0) is 48.3. The topological polar surface area (TPSA) is 38.7 Å². The minimum Gasteiger partial charge on any atom is -0.304 e. The van der Waals surface area contributed by atoms with Crippen molar-refractivity contribution in [1.82, 2.24) is 15.0 Å². The Balaban J connectivity index is 0.000000412. The van der Waals surface area contributed by atoms with E-state index in [2.05, 4.69) is 198 Å². The summed E-state index contributed by atoms with van der Waals surface area (Å²) >= 11 is 0. The molecule has 0 aliphatic rings. The summed E-state index contributed by atoms with van der Waals surface area (Å²) in [5.41, 5.74) is 21.9. The van der Waals surface area contributed by atoms with Gasteiger partial charge in [-0.2, -0.15) is 48.5 Å². The molecule has 0 saturated carbocycles. The molecule has 0 radical (unpaired) electrons. The van der Waals surface area contributed by atoms with Gasteiger partial charge in [0.25, 0.3) is 0 Å². The molecule has 0 bridgehead atoms. The Morgan fingerprint density at radius 3 is 1.08 bits per heavy atom. The monoisotopic (exact) mass is 1110 g/mol. The maximum absolute atomic E-state index is 5.09. The predicted octanol–water partition coefficient (Wildman–Crippen LogP) is 17.6. The van der Waals surface area contributed by atoms with E-state index in [9.17, 15) is 0 Å². The Labute approximate surface area is 441 Å². The Morgan fingerprint density at radius 2 is 0.630 bits per heavy atom. The van der Waals surface area contributed by atoms with Crippen molar-refractivity contribution in [2.24, 2.45) is 0 Å². The summed E-state index contributed by atoms with van der Waals surface area (Å²) in [6, 6.07) is 96.4. The minimum absolute atomic E-state index is 0. The van der Waals surface area contributed by atoms with Crippen LogP contribution in [0.3, 0.4) is 0 Å². The molecule has 0 aliphatic carbocycles. The average Bonchev–Trinajstić information content (AvgIpc) is 3.48. The first-order chi connectivity index (χ1) is 35.7. The number of hydrogen-bond acceptors (Lipinski definition) is 3. The molecule has 0 N–H and O–H groups in total. The molecule has 73 heavy (non-hydrogen) atoms. The van der Waals surface area contributed by atoms with Crippen LogP contribution in [-0.2, 0) is 20.1 Å². The molecule has 3 aromatic heterocycles. The molecule has 0 aliphatic heterocycles. The molecule has 12 rings (SSSR count). The zero-order valence-electron chi connectivity index (χ0n) is 39.7. The second-order valence-electron chi connectivity index (χ2n) is 17.3. The van der Waals surface area contributed by atoms with Crippen LogP contribution < -0.4 is 0 Å². The van der Waals surface area contributed by atoms with E-state index in [4.69, 9.17) is 4.98 Å². The molecule has 9 aromatic carbocycles. The summed E-state index contributed by atoms with van der Waals surface area (Å²) in [4.78, 5) is 14.1. The van der Waals surface area contributed by atoms with Crippen LogP contribution in [0, 0.1) is 18.2 Å². The van der Waals surface area contributed by atoms with Crippen LogP contribution in [0.4, 0.5) is 0 Å². The van der Waals surface area contributed by atoms with Gasteiger partial charge in [-0.05, 0) is 108 Å². The van der Waals surface area contributed by atoms with Gasteiger partial charge in [-0.25, -0.2) is 11.1 Å². The van der Waals surface area contributed by atoms with Gasteiger partial charge in [-0.3, -0.25) is 9.97 Å². The number of hydrogen-bond donors (Lipinski definition) is 0. The van der Waals surface area contributed by atoms with Crippen LogP contribution in [0.5, 0.6) is 0 Å². The van der Waals surface area contributed by atoms with Gasteiger partial charge in [-0.15, -0.1) is 48.0 Å². The molecule has 4 heteroatoms. The van der Waals surface area contributed by atoms with Gasteiger partial charge in [-0.1, -0.05) is 146 Å². The van der Waals surface area contributed by atoms with Crippen molar-refractivity contribution in [3.8, 4) is 111 Å². The fraction of sp³-hybridized carbons (Fsp3) is 0. The molecule has 3 heterocycles. The molecule has 346 valence electrons. The van der Waals surface area contributed by atoms with Crippen molar-refractivity contribution in [1.29, 1.82) is 0 Å². The molecule has 0 fully saturated rings. The third-order valence-electron chi connectivity index (χ3n) is 12.8. The van der Waals surface area contributed by atoms with Gasteiger partial charge in [0.15, 0.2) is 0 Å². The molecule has 0 atom stereocenters. The molecule has 0 amide bonds. The van der Waals surface area contributed by atoms with Gasteiger partial charge in [0.05, 0.1) is 0 Å². The minimum atomic E-state index is 0. The zero-order valence-corrected chi connectivity index (χ0v) is 42.1.